The second-order valence-electron chi connectivity index (χ2n) is 7.22. The van der Waals surface area contributed by atoms with Crippen molar-refractivity contribution in [3.05, 3.63) is 82.4 Å². The van der Waals surface area contributed by atoms with E-state index in [1.165, 1.54) is 32.4 Å². The number of methoxy groups -OCH3 is 2. The molecule has 0 fully saturated rings. The van der Waals surface area contributed by atoms with Gasteiger partial charge in [-0.3, -0.25) is 4.79 Å². The van der Waals surface area contributed by atoms with Gasteiger partial charge in [0.2, 0.25) is 0 Å². The Kier molecular flexibility index (Phi) is 8.99. The molecule has 0 bridgehead atoms. The van der Waals surface area contributed by atoms with E-state index in [4.69, 9.17) is 30.5 Å². The summed E-state index contributed by atoms with van der Waals surface area (Å²) >= 11 is 6.12. The van der Waals surface area contributed by atoms with Gasteiger partial charge in [0.15, 0.2) is 11.5 Å². The summed E-state index contributed by atoms with van der Waals surface area (Å²) in [6, 6.07) is 20.0. The lowest BCUT2D eigenvalue weighted by atomic mass is 10.1. The molecule has 1 amide bonds. The Labute approximate surface area is 209 Å². The molecule has 0 saturated heterocycles. The van der Waals surface area contributed by atoms with Gasteiger partial charge in [0, 0.05) is 12.1 Å². The van der Waals surface area contributed by atoms with Crippen LogP contribution in [0.4, 0.5) is 5.69 Å². The molecular formula is C27H25ClN2O5. The monoisotopic (exact) mass is 492 g/mol. The molecule has 3 rings (SSSR count). The summed E-state index contributed by atoms with van der Waals surface area (Å²) in [5.41, 5.74) is 1.84. The lowest BCUT2D eigenvalue weighted by Gasteiger charge is -2.14. The molecule has 0 aromatic heterocycles. The number of carbonyl (C=O) groups excluding carboxylic acids is 1. The van der Waals surface area contributed by atoms with E-state index in [-0.39, 0.29) is 5.57 Å². The summed E-state index contributed by atoms with van der Waals surface area (Å²) in [6.07, 6.45) is 1.47. The molecule has 3 aromatic rings. The lowest BCUT2D eigenvalue weighted by Crippen LogP contribution is -2.14. The van der Waals surface area contributed by atoms with Crippen LogP contribution in [0.2, 0.25) is 5.02 Å². The minimum absolute atomic E-state index is 0.110. The maximum absolute atomic E-state index is 12.9. The average Bonchev–Trinajstić information content (AvgIpc) is 2.88. The Hall–Kier alpha value is -4.15. The van der Waals surface area contributed by atoms with Crippen molar-refractivity contribution in [1.82, 2.24) is 0 Å². The topological polar surface area (TPSA) is 89.8 Å². The highest BCUT2D eigenvalue weighted by Gasteiger charge is 2.16. The van der Waals surface area contributed by atoms with Gasteiger partial charge in [-0.05, 0) is 36.3 Å². The Balaban J connectivity index is 1.83. The van der Waals surface area contributed by atoms with Crippen LogP contribution in [-0.2, 0) is 11.4 Å². The highest BCUT2D eigenvalue weighted by molar-refractivity contribution is 6.32. The molecule has 0 atom stereocenters. The molecule has 0 aliphatic rings. The summed E-state index contributed by atoms with van der Waals surface area (Å²) in [5.74, 6) is 1.16. The van der Waals surface area contributed by atoms with E-state index in [0.717, 1.165) is 5.56 Å². The van der Waals surface area contributed by atoms with E-state index >= 15 is 0 Å². The van der Waals surface area contributed by atoms with Crippen molar-refractivity contribution in [3.63, 3.8) is 0 Å². The van der Waals surface area contributed by atoms with Crippen LogP contribution in [0.25, 0.3) is 6.08 Å². The van der Waals surface area contributed by atoms with Crippen molar-refractivity contribution in [3.8, 4) is 29.1 Å². The third-order valence-corrected chi connectivity index (χ3v) is 5.20. The highest BCUT2D eigenvalue weighted by Crippen LogP contribution is 2.36. The second kappa shape index (κ2) is 12.4. The third-order valence-electron chi connectivity index (χ3n) is 4.90. The lowest BCUT2D eigenvalue weighted by molar-refractivity contribution is -0.112. The number of carbonyl (C=O) groups is 1. The van der Waals surface area contributed by atoms with Crippen LogP contribution in [0, 0.1) is 11.3 Å². The number of hydrogen-bond acceptors (Lipinski definition) is 6. The number of anilines is 1. The van der Waals surface area contributed by atoms with Crippen LogP contribution < -0.4 is 24.3 Å². The quantitative estimate of drug-likeness (QED) is 0.281. The van der Waals surface area contributed by atoms with Crippen molar-refractivity contribution in [2.24, 2.45) is 0 Å². The van der Waals surface area contributed by atoms with E-state index < -0.39 is 5.91 Å². The summed E-state index contributed by atoms with van der Waals surface area (Å²) in [4.78, 5) is 12.9. The first kappa shape index (κ1) is 25.5. The molecule has 0 saturated carbocycles. The van der Waals surface area contributed by atoms with Crippen molar-refractivity contribution in [2.45, 2.75) is 13.5 Å². The molecule has 0 heterocycles. The van der Waals surface area contributed by atoms with Gasteiger partial charge in [-0.2, -0.15) is 5.26 Å². The number of benzene rings is 3. The molecular weight excluding hydrogens is 468 g/mol. The van der Waals surface area contributed by atoms with Gasteiger partial charge in [0.05, 0.1) is 31.5 Å². The molecule has 180 valence electrons. The molecule has 1 N–H and O–H groups in total. The first-order valence-corrected chi connectivity index (χ1v) is 11.1. The fourth-order valence-corrected chi connectivity index (χ4v) is 3.43. The Morgan fingerprint density at radius 2 is 1.71 bits per heavy atom. The molecule has 7 nitrogen and oxygen atoms in total. The third kappa shape index (κ3) is 6.69. The van der Waals surface area contributed by atoms with Crippen LogP contribution >= 0.6 is 11.6 Å². The zero-order chi connectivity index (χ0) is 25.2. The molecule has 0 unspecified atom stereocenters. The van der Waals surface area contributed by atoms with E-state index in [9.17, 15) is 10.1 Å². The van der Waals surface area contributed by atoms with Gasteiger partial charge in [-0.15, -0.1) is 0 Å². The van der Waals surface area contributed by atoms with Crippen molar-refractivity contribution in [2.75, 3.05) is 26.1 Å². The summed E-state index contributed by atoms with van der Waals surface area (Å²) in [7, 11) is 2.91. The van der Waals surface area contributed by atoms with Gasteiger partial charge in [0.25, 0.3) is 5.91 Å². The van der Waals surface area contributed by atoms with Gasteiger partial charge in [-0.25, -0.2) is 0 Å². The van der Waals surface area contributed by atoms with E-state index in [2.05, 4.69) is 5.32 Å². The average molecular weight is 493 g/mol. The minimum Gasteiger partial charge on any atom is -0.495 e. The largest absolute Gasteiger partial charge is 0.495 e. The highest BCUT2D eigenvalue weighted by atomic mass is 35.5. The van der Waals surface area contributed by atoms with Crippen molar-refractivity contribution >= 4 is 29.3 Å². The molecule has 0 aliphatic heterocycles. The normalized spacial score (nSPS) is 10.8. The number of nitriles is 1. The summed E-state index contributed by atoms with van der Waals surface area (Å²) in [6.45, 7) is 2.68. The maximum atomic E-state index is 12.9. The fourth-order valence-electron chi connectivity index (χ4n) is 3.20. The van der Waals surface area contributed by atoms with Gasteiger partial charge in [-0.1, -0.05) is 48.0 Å². The minimum atomic E-state index is -0.613. The number of rotatable bonds is 10. The zero-order valence-corrected chi connectivity index (χ0v) is 20.4. The number of nitrogens with zero attached hydrogens (tertiary/aromatic N) is 1. The van der Waals surface area contributed by atoms with Crippen molar-refractivity contribution < 1.29 is 23.7 Å². The molecule has 35 heavy (non-hydrogen) atoms. The summed E-state index contributed by atoms with van der Waals surface area (Å²) < 4.78 is 22.1. The predicted octanol–water partition coefficient (Wildman–Crippen LogP) is 5.88. The number of ether oxygens (including phenoxy) is 4. The fraction of sp³-hybridized carbons (Fsp3) is 0.185. The van der Waals surface area contributed by atoms with Crippen LogP contribution in [0.15, 0.2) is 66.2 Å². The van der Waals surface area contributed by atoms with E-state index in [0.29, 0.717) is 52.5 Å². The SMILES string of the molecule is CCOc1cc(/C=C(\C#N)C(=O)Nc2cc(OC)c(Cl)cc2OC)ccc1OCc1ccccc1. The smallest absolute Gasteiger partial charge is 0.266 e. The number of halogens is 1. The Morgan fingerprint density at radius 3 is 2.37 bits per heavy atom. The maximum Gasteiger partial charge on any atom is 0.266 e. The number of amides is 1. The number of nitrogens with one attached hydrogen (secondary N) is 1. The van der Waals surface area contributed by atoms with Crippen molar-refractivity contribution in [1.29, 1.82) is 5.26 Å². The molecule has 3 aromatic carbocycles. The molecule has 0 radical (unpaired) electrons. The predicted molar refractivity (Wildman–Crippen MR) is 135 cm³/mol. The molecule has 8 heteroatoms. The van der Waals surface area contributed by atoms with Crippen LogP contribution in [0.3, 0.4) is 0 Å². The zero-order valence-electron chi connectivity index (χ0n) is 19.6. The first-order valence-electron chi connectivity index (χ1n) is 10.8. The summed E-state index contributed by atoms with van der Waals surface area (Å²) in [5, 5.41) is 12.6. The van der Waals surface area contributed by atoms with E-state index in [1.54, 1.807) is 18.2 Å². The Bertz CT molecular complexity index is 1250. The van der Waals surface area contributed by atoms with E-state index in [1.807, 2.05) is 43.3 Å². The standard InChI is InChI=1S/C27H25ClN2O5/c1-4-34-26-13-19(10-11-23(26)35-17-18-8-6-5-7-9-18)12-20(16-29)27(31)30-22-15-24(32-2)21(28)14-25(22)33-3/h5-15H,4,17H2,1-3H3,(H,30,31)/b20-12+. The number of hydrogen-bond donors (Lipinski definition) is 1. The van der Waals surface area contributed by atoms with Gasteiger partial charge in [0.1, 0.15) is 29.7 Å². The van der Waals surface area contributed by atoms with Crippen LogP contribution in [0.1, 0.15) is 18.1 Å². The second-order valence-corrected chi connectivity index (χ2v) is 7.63. The first-order chi connectivity index (χ1) is 17.0. The molecule has 0 spiro atoms. The Morgan fingerprint density at radius 1 is 0.971 bits per heavy atom. The molecule has 0 aliphatic carbocycles. The van der Waals surface area contributed by atoms with Gasteiger partial charge >= 0.3 is 0 Å². The van der Waals surface area contributed by atoms with Crippen LogP contribution in [0.5, 0.6) is 23.0 Å². The van der Waals surface area contributed by atoms with Crippen LogP contribution in [-0.4, -0.2) is 26.7 Å². The van der Waals surface area contributed by atoms with Gasteiger partial charge < -0.3 is 24.3 Å².